The number of carboxylic acids is 1. The molecule has 1 rings (SSSR count). The van der Waals surface area contributed by atoms with Crippen LogP contribution in [0.25, 0.3) is 0 Å². The van der Waals surface area contributed by atoms with Gasteiger partial charge in [0.15, 0.2) is 0 Å². The average molecular weight is 422 g/mol. The Morgan fingerprint density at radius 2 is 1.50 bits per heavy atom. The van der Waals surface area contributed by atoms with E-state index in [0.29, 0.717) is 0 Å². The van der Waals surface area contributed by atoms with E-state index in [1.165, 1.54) is 0 Å². The summed E-state index contributed by atoms with van der Waals surface area (Å²) in [4.78, 5) is 48.3. The van der Waals surface area contributed by atoms with Crippen LogP contribution in [0.2, 0.25) is 0 Å². The van der Waals surface area contributed by atoms with Gasteiger partial charge in [-0.1, -0.05) is 44.2 Å². The Bertz CT molecular complexity index is 725. The molecule has 0 aliphatic rings. The molecule has 0 fully saturated rings. The van der Waals surface area contributed by atoms with Crippen molar-refractivity contribution in [1.82, 2.24) is 16.0 Å². The molecule has 3 atom stereocenters. The molecule has 3 amide bonds. The number of aliphatic hydroxyl groups excluding tert-OH is 1. The molecule has 10 heteroatoms. The molecule has 1 aromatic carbocycles. The van der Waals surface area contributed by atoms with Crippen molar-refractivity contribution in [1.29, 1.82) is 0 Å². The van der Waals surface area contributed by atoms with Gasteiger partial charge in [0, 0.05) is 6.42 Å². The third-order valence-electron chi connectivity index (χ3n) is 4.26. The van der Waals surface area contributed by atoms with Crippen LogP contribution in [0.3, 0.4) is 0 Å². The molecule has 0 saturated heterocycles. The van der Waals surface area contributed by atoms with Gasteiger partial charge >= 0.3 is 5.97 Å². The second-order valence-electron chi connectivity index (χ2n) is 7.29. The monoisotopic (exact) mass is 422 g/mol. The molecule has 30 heavy (non-hydrogen) atoms. The van der Waals surface area contributed by atoms with Crippen molar-refractivity contribution in [3.8, 4) is 0 Å². The van der Waals surface area contributed by atoms with Crippen LogP contribution in [0.5, 0.6) is 0 Å². The van der Waals surface area contributed by atoms with Gasteiger partial charge in [-0.25, -0.2) is 4.79 Å². The fraction of sp³-hybridized carbons (Fsp3) is 0.500. The van der Waals surface area contributed by atoms with Gasteiger partial charge in [0.25, 0.3) is 0 Å². The van der Waals surface area contributed by atoms with Crippen molar-refractivity contribution in [3.05, 3.63) is 35.9 Å². The van der Waals surface area contributed by atoms with E-state index < -0.39 is 48.4 Å². The third-order valence-corrected chi connectivity index (χ3v) is 4.26. The lowest BCUT2D eigenvalue weighted by Gasteiger charge is -2.25. The zero-order valence-corrected chi connectivity index (χ0v) is 17.1. The number of carboxylic acid groups (broad SMARTS) is 1. The quantitative estimate of drug-likeness (QED) is 0.245. The number of benzene rings is 1. The Balaban J connectivity index is 2.98. The lowest BCUT2D eigenvalue weighted by Crippen LogP contribution is -2.57. The van der Waals surface area contributed by atoms with Crippen molar-refractivity contribution in [2.45, 2.75) is 44.8 Å². The van der Waals surface area contributed by atoms with Gasteiger partial charge < -0.3 is 31.9 Å². The molecular formula is C20H30N4O6. The summed E-state index contributed by atoms with van der Waals surface area (Å²) in [6, 6.07) is 5.51. The highest BCUT2D eigenvalue weighted by atomic mass is 16.4. The summed E-state index contributed by atoms with van der Waals surface area (Å²) in [5, 5.41) is 25.5. The highest BCUT2D eigenvalue weighted by Gasteiger charge is 2.29. The largest absolute Gasteiger partial charge is 0.480 e. The van der Waals surface area contributed by atoms with Gasteiger partial charge in [0.2, 0.25) is 17.7 Å². The first-order valence-corrected chi connectivity index (χ1v) is 9.65. The minimum atomic E-state index is -1.49. The van der Waals surface area contributed by atoms with Gasteiger partial charge in [0.1, 0.15) is 18.1 Å². The molecular weight excluding hydrogens is 392 g/mol. The van der Waals surface area contributed by atoms with E-state index >= 15 is 0 Å². The van der Waals surface area contributed by atoms with Crippen LogP contribution in [-0.2, 0) is 25.6 Å². The van der Waals surface area contributed by atoms with Gasteiger partial charge in [-0.05, 0) is 17.9 Å². The Hall–Kier alpha value is -2.98. The molecule has 166 valence electrons. The zero-order valence-electron chi connectivity index (χ0n) is 17.1. The number of amides is 3. The number of rotatable bonds is 12. The summed E-state index contributed by atoms with van der Waals surface area (Å²) in [5.74, 6) is -3.25. The van der Waals surface area contributed by atoms with Crippen LogP contribution in [0.1, 0.15) is 25.8 Å². The van der Waals surface area contributed by atoms with Crippen LogP contribution in [0.15, 0.2) is 30.3 Å². The molecule has 1 aromatic rings. The predicted molar refractivity (Wildman–Crippen MR) is 109 cm³/mol. The maximum absolute atomic E-state index is 12.9. The lowest BCUT2D eigenvalue weighted by atomic mass is 10.0. The average Bonchev–Trinajstić information content (AvgIpc) is 2.70. The van der Waals surface area contributed by atoms with E-state index in [1.807, 2.05) is 19.9 Å². The minimum absolute atomic E-state index is 0.00432. The summed E-state index contributed by atoms with van der Waals surface area (Å²) in [6.07, 6.45) is 0.418. The van der Waals surface area contributed by atoms with Crippen molar-refractivity contribution < 1.29 is 29.4 Å². The SMILES string of the molecule is CC(C)CC(NC(=O)C(Cc1ccccc1)NC(=O)CN)C(=O)NC(CO)C(=O)O. The molecule has 0 spiro atoms. The molecule has 0 heterocycles. The van der Waals surface area contributed by atoms with E-state index in [9.17, 15) is 19.2 Å². The minimum Gasteiger partial charge on any atom is -0.480 e. The van der Waals surface area contributed by atoms with Crippen LogP contribution in [0.4, 0.5) is 0 Å². The lowest BCUT2D eigenvalue weighted by molar-refractivity contribution is -0.143. The van der Waals surface area contributed by atoms with Gasteiger partial charge in [-0.15, -0.1) is 0 Å². The molecule has 0 aliphatic heterocycles. The van der Waals surface area contributed by atoms with E-state index in [0.717, 1.165) is 5.56 Å². The van der Waals surface area contributed by atoms with E-state index in [-0.39, 0.29) is 25.3 Å². The number of hydrogen-bond acceptors (Lipinski definition) is 6. The molecule has 0 aromatic heterocycles. The predicted octanol–water partition coefficient (Wildman–Crippen LogP) is -1.23. The molecule has 0 bridgehead atoms. The molecule has 10 nitrogen and oxygen atoms in total. The first kappa shape index (κ1) is 25.1. The maximum atomic E-state index is 12.9. The second-order valence-corrected chi connectivity index (χ2v) is 7.29. The van der Waals surface area contributed by atoms with Crippen LogP contribution >= 0.6 is 0 Å². The Morgan fingerprint density at radius 1 is 0.933 bits per heavy atom. The third kappa shape index (κ3) is 8.58. The summed E-state index contributed by atoms with van der Waals surface area (Å²) >= 11 is 0. The Kier molecular flexibility index (Phi) is 10.5. The summed E-state index contributed by atoms with van der Waals surface area (Å²) in [6.45, 7) is 2.59. The van der Waals surface area contributed by atoms with Crippen molar-refractivity contribution >= 4 is 23.7 Å². The fourth-order valence-electron chi connectivity index (χ4n) is 2.75. The van der Waals surface area contributed by atoms with Gasteiger partial charge in [-0.2, -0.15) is 0 Å². The zero-order chi connectivity index (χ0) is 22.7. The topological polar surface area (TPSA) is 171 Å². The summed E-state index contributed by atoms with van der Waals surface area (Å²) in [7, 11) is 0. The number of carbonyl (C=O) groups is 4. The summed E-state index contributed by atoms with van der Waals surface area (Å²) < 4.78 is 0. The Morgan fingerprint density at radius 3 is 2.00 bits per heavy atom. The number of aliphatic carboxylic acids is 1. The number of aliphatic hydroxyl groups is 1. The van der Waals surface area contributed by atoms with Crippen molar-refractivity contribution in [3.63, 3.8) is 0 Å². The highest BCUT2D eigenvalue weighted by molar-refractivity contribution is 5.93. The number of hydrogen-bond donors (Lipinski definition) is 6. The number of nitrogens with two attached hydrogens (primary N) is 1. The first-order chi connectivity index (χ1) is 14.2. The number of carbonyl (C=O) groups excluding carboxylic acids is 3. The summed E-state index contributed by atoms with van der Waals surface area (Å²) in [5.41, 5.74) is 6.14. The van der Waals surface area contributed by atoms with Crippen LogP contribution < -0.4 is 21.7 Å². The van der Waals surface area contributed by atoms with E-state index in [1.54, 1.807) is 24.3 Å². The maximum Gasteiger partial charge on any atom is 0.328 e. The molecule has 7 N–H and O–H groups in total. The van der Waals surface area contributed by atoms with Gasteiger partial charge in [-0.3, -0.25) is 14.4 Å². The molecule has 0 radical (unpaired) electrons. The van der Waals surface area contributed by atoms with Crippen LogP contribution in [0, 0.1) is 5.92 Å². The number of nitrogens with one attached hydrogen (secondary N) is 3. The standard InChI is InChI=1S/C20H30N4O6/c1-12(2)8-14(18(27)24-16(11-25)20(29)30)23-19(28)15(22-17(26)10-21)9-13-6-4-3-5-7-13/h3-7,12,14-16,25H,8-11,21H2,1-2H3,(H,22,26)(H,23,28)(H,24,27)(H,29,30). The van der Waals surface area contributed by atoms with Crippen LogP contribution in [-0.4, -0.2) is 65.2 Å². The van der Waals surface area contributed by atoms with Crippen molar-refractivity contribution in [2.75, 3.05) is 13.2 Å². The molecule has 0 aliphatic carbocycles. The molecule has 3 unspecified atom stereocenters. The second kappa shape index (κ2) is 12.6. The smallest absolute Gasteiger partial charge is 0.328 e. The highest BCUT2D eigenvalue weighted by Crippen LogP contribution is 2.08. The Labute approximate surface area is 175 Å². The van der Waals surface area contributed by atoms with E-state index in [4.69, 9.17) is 15.9 Å². The van der Waals surface area contributed by atoms with E-state index in [2.05, 4.69) is 16.0 Å². The normalized spacial score (nSPS) is 13.8. The van der Waals surface area contributed by atoms with Gasteiger partial charge in [0.05, 0.1) is 13.2 Å². The molecule has 0 saturated carbocycles. The van der Waals surface area contributed by atoms with Crippen molar-refractivity contribution in [2.24, 2.45) is 11.7 Å². The fourth-order valence-corrected chi connectivity index (χ4v) is 2.75. The first-order valence-electron chi connectivity index (χ1n) is 9.65.